The standard InChI is InChI=1S/C15H30NO3.BrH/c1-5-7-8-9-10-11-14(17)12-16(3,4)13-19-15(18)6-2;/h6,14,17H,2,5,7-13H2,1,3-4H3;1H/q+1;/p-1. The summed E-state index contributed by atoms with van der Waals surface area (Å²) in [5.74, 6) is -0.416. The van der Waals surface area contributed by atoms with Crippen molar-refractivity contribution in [3.63, 3.8) is 0 Å². The maximum Gasteiger partial charge on any atom is 0.334 e. The van der Waals surface area contributed by atoms with Gasteiger partial charge in [0.15, 0.2) is 0 Å². The van der Waals surface area contributed by atoms with Crippen molar-refractivity contribution in [2.45, 2.75) is 51.6 Å². The number of aliphatic hydroxyl groups excluding tert-OH is 1. The van der Waals surface area contributed by atoms with E-state index >= 15 is 0 Å². The highest BCUT2D eigenvalue weighted by Gasteiger charge is 2.21. The number of likely N-dealkylation sites (N-methyl/N-ethyl adjacent to an activating group) is 1. The zero-order valence-electron chi connectivity index (χ0n) is 13.1. The number of quaternary nitrogens is 1. The molecule has 0 rings (SSSR count). The molecule has 4 nitrogen and oxygen atoms in total. The van der Waals surface area contributed by atoms with Crippen molar-refractivity contribution in [2.24, 2.45) is 0 Å². The van der Waals surface area contributed by atoms with Crippen LogP contribution < -0.4 is 17.0 Å². The van der Waals surface area contributed by atoms with Crippen LogP contribution in [0.15, 0.2) is 12.7 Å². The van der Waals surface area contributed by atoms with Gasteiger partial charge in [-0.25, -0.2) is 4.79 Å². The van der Waals surface area contributed by atoms with Gasteiger partial charge >= 0.3 is 5.97 Å². The topological polar surface area (TPSA) is 46.5 Å². The highest BCUT2D eigenvalue weighted by atomic mass is 79.9. The van der Waals surface area contributed by atoms with E-state index in [9.17, 15) is 9.90 Å². The minimum atomic E-state index is -0.416. The first-order chi connectivity index (χ1) is 8.91. The number of hydrogen-bond donors (Lipinski definition) is 1. The molecule has 0 radical (unpaired) electrons. The first-order valence-electron chi connectivity index (χ1n) is 7.20. The first-order valence-corrected chi connectivity index (χ1v) is 7.20. The number of carbonyl (C=O) groups is 1. The van der Waals surface area contributed by atoms with Gasteiger partial charge in [-0.15, -0.1) is 0 Å². The SMILES string of the molecule is C=CC(=O)OC[N+](C)(C)CC(O)CCCCCCC.[Br-]. The molecule has 0 aromatic heterocycles. The fourth-order valence-corrected chi connectivity index (χ4v) is 2.00. The number of rotatable bonds is 11. The van der Waals surface area contributed by atoms with Crippen molar-refractivity contribution in [1.82, 2.24) is 0 Å². The molecular formula is C15H30BrNO3. The summed E-state index contributed by atoms with van der Waals surface area (Å²) in [6.07, 6.45) is 7.65. The summed E-state index contributed by atoms with van der Waals surface area (Å²) in [6.45, 7) is 6.41. The molecule has 5 heteroatoms. The number of ether oxygens (including phenoxy) is 1. The molecule has 0 heterocycles. The van der Waals surface area contributed by atoms with E-state index in [1.165, 1.54) is 25.7 Å². The van der Waals surface area contributed by atoms with Gasteiger partial charge in [0.2, 0.25) is 6.73 Å². The Kier molecular flexibility index (Phi) is 13.5. The Morgan fingerprint density at radius 1 is 1.30 bits per heavy atom. The van der Waals surface area contributed by atoms with Gasteiger partial charge in [0.1, 0.15) is 12.6 Å². The van der Waals surface area contributed by atoms with Gasteiger partial charge in [0.25, 0.3) is 0 Å². The fraction of sp³-hybridized carbons (Fsp3) is 0.800. The van der Waals surface area contributed by atoms with E-state index in [0.29, 0.717) is 11.0 Å². The highest BCUT2D eigenvalue weighted by molar-refractivity contribution is 5.81. The van der Waals surface area contributed by atoms with Crippen molar-refractivity contribution in [3.8, 4) is 0 Å². The summed E-state index contributed by atoms with van der Waals surface area (Å²) in [5.41, 5.74) is 0. The van der Waals surface area contributed by atoms with Crippen LogP contribution in [0, 0.1) is 0 Å². The molecule has 1 unspecified atom stereocenters. The lowest BCUT2D eigenvalue weighted by molar-refractivity contribution is -0.910. The van der Waals surface area contributed by atoms with E-state index in [1.54, 1.807) is 0 Å². The van der Waals surface area contributed by atoms with E-state index in [4.69, 9.17) is 4.74 Å². The lowest BCUT2D eigenvalue weighted by Gasteiger charge is -2.30. The molecule has 0 spiro atoms. The van der Waals surface area contributed by atoms with Gasteiger partial charge in [-0.2, -0.15) is 0 Å². The average molecular weight is 352 g/mol. The minimum absolute atomic E-state index is 0. The molecule has 0 aliphatic rings. The van der Waals surface area contributed by atoms with Crippen LogP contribution in [-0.2, 0) is 9.53 Å². The predicted octanol–water partition coefficient (Wildman–Crippen LogP) is -0.525. The second kappa shape index (κ2) is 12.4. The van der Waals surface area contributed by atoms with Gasteiger partial charge in [0.05, 0.1) is 14.1 Å². The van der Waals surface area contributed by atoms with Crippen LogP contribution in [0.1, 0.15) is 45.4 Å². The van der Waals surface area contributed by atoms with Gasteiger partial charge in [-0.1, -0.05) is 45.6 Å². The normalized spacial score (nSPS) is 12.4. The van der Waals surface area contributed by atoms with Crippen LogP contribution in [0.3, 0.4) is 0 Å². The van der Waals surface area contributed by atoms with Gasteiger partial charge in [0, 0.05) is 6.08 Å². The Bertz CT molecular complexity index is 270. The third-order valence-corrected chi connectivity index (χ3v) is 3.07. The Morgan fingerprint density at radius 2 is 1.90 bits per heavy atom. The van der Waals surface area contributed by atoms with Crippen molar-refractivity contribution in [2.75, 3.05) is 27.4 Å². The number of nitrogens with zero attached hydrogens (tertiary/aromatic N) is 1. The molecule has 0 aromatic rings. The van der Waals surface area contributed by atoms with Crippen LogP contribution in [0.25, 0.3) is 0 Å². The van der Waals surface area contributed by atoms with Gasteiger partial charge in [-0.3, -0.25) is 4.48 Å². The van der Waals surface area contributed by atoms with E-state index in [1.807, 2.05) is 14.1 Å². The molecule has 0 amide bonds. The molecule has 1 atom stereocenters. The van der Waals surface area contributed by atoms with Crippen molar-refractivity contribution in [1.29, 1.82) is 0 Å². The molecule has 1 N–H and O–H groups in total. The van der Waals surface area contributed by atoms with Gasteiger partial charge < -0.3 is 26.8 Å². The zero-order valence-corrected chi connectivity index (χ0v) is 14.7. The Labute approximate surface area is 134 Å². The lowest BCUT2D eigenvalue weighted by atomic mass is 10.1. The highest BCUT2D eigenvalue weighted by Crippen LogP contribution is 2.10. The Balaban J connectivity index is 0. The van der Waals surface area contributed by atoms with E-state index in [-0.39, 0.29) is 29.8 Å². The van der Waals surface area contributed by atoms with Crippen LogP contribution in [0.2, 0.25) is 0 Å². The second-order valence-electron chi connectivity index (χ2n) is 5.77. The molecule has 0 bridgehead atoms. The summed E-state index contributed by atoms with van der Waals surface area (Å²) in [4.78, 5) is 11.0. The number of unbranched alkanes of at least 4 members (excludes halogenated alkanes) is 4. The van der Waals surface area contributed by atoms with Crippen LogP contribution in [-0.4, -0.2) is 49.0 Å². The third kappa shape index (κ3) is 12.6. The molecule has 0 aliphatic heterocycles. The molecule has 120 valence electrons. The monoisotopic (exact) mass is 351 g/mol. The van der Waals surface area contributed by atoms with Crippen LogP contribution >= 0.6 is 0 Å². The second-order valence-corrected chi connectivity index (χ2v) is 5.77. The van der Waals surface area contributed by atoms with Crippen LogP contribution in [0.4, 0.5) is 0 Å². The Morgan fingerprint density at radius 3 is 2.45 bits per heavy atom. The van der Waals surface area contributed by atoms with E-state index in [2.05, 4.69) is 13.5 Å². The summed E-state index contributed by atoms with van der Waals surface area (Å²) >= 11 is 0. The molecular weight excluding hydrogens is 322 g/mol. The maximum absolute atomic E-state index is 11.0. The average Bonchev–Trinajstić information content (AvgIpc) is 2.35. The lowest BCUT2D eigenvalue weighted by Crippen LogP contribution is -3.00. The fourth-order valence-electron chi connectivity index (χ4n) is 2.00. The molecule has 20 heavy (non-hydrogen) atoms. The number of halogens is 1. The quantitative estimate of drug-likeness (QED) is 0.179. The predicted molar refractivity (Wildman–Crippen MR) is 77.5 cm³/mol. The summed E-state index contributed by atoms with van der Waals surface area (Å²) in [6, 6.07) is 0. The van der Waals surface area contributed by atoms with Gasteiger partial charge in [-0.05, 0) is 6.42 Å². The van der Waals surface area contributed by atoms with Crippen molar-refractivity contribution in [3.05, 3.63) is 12.7 Å². The maximum atomic E-state index is 11.0. The molecule has 0 aliphatic carbocycles. The third-order valence-electron chi connectivity index (χ3n) is 3.07. The number of esters is 1. The number of carbonyl (C=O) groups excluding carboxylic acids is 1. The van der Waals surface area contributed by atoms with Crippen LogP contribution in [0.5, 0.6) is 0 Å². The van der Waals surface area contributed by atoms with Crippen molar-refractivity contribution < 1.29 is 36.1 Å². The molecule has 0 saturated heterocycles. The van der Waals surface area contributed by atoms with E-state index in [0.717, 1.165) is 18.9 Å². The molecule has 0 fully saturated rings. The zero-order chi connectivity index (χ0) is 14.7. The summed E-state index contributed by atoms with van der Waals surface area (Å²) < 4.78 is 5.49. The summed E-state index contributed by atoms with van der Waals surface area (Å²) in [7, 11) is 3.88. The molecule has 0 aromatic carbocycles. The smallest absolute Gasteiger partial charge is 0.334 e. The number of aliphatic hydroxyl groups is 1. The van der Waals surface area contributed by atoms with E-state index < -0.39 is 5.97 Å². The summed E-state index contributed by atoms with van der Waals surface area (Å²) in [5, 5.41) is 9.99. The molecule has 0 saturated carbocycles. The Hall–Kier alpha value is -0.390. The van der Waals surface area contributed by atoms with Crippen molar-refractivity contribution >= 4 is 5.97 Å². The first kappa shape index (κ1) is 21.9. The minimum Gasteiger partial charge on any atom is -1.00 e. The number of hydrogen-bond acceptors (Lipinski definition) is 3. The largest absolute Gasteiger partial charge is 1.00 e.